The van der Waals surface area contributed by atoms with Crippen LogP contribution in [0.25, 0.3) is 0 Å². The zero-order valence-corrected chi connectivity index (χ0v) is 20.8. The number of benzene rings is 1. The second-order valence-electron chi connectivity index (χ2n) is 7.87. The van der Waals surface area contributed by atoms with Gasteiger partial charge in [0.05, 0.1) is 6.61 Å². The average molecular weight is 525 g/mol. The van der Waals surface area contributed by atoms with Gasteiger partial charge in [-0.1, -0.05) is 50.1 Å². The highest BCUT2D eigenvalue weighted by Crippen LogP contribution is 2.14. The normalized spacial score (nSPS) is 14.8. The van der Waals surface area contributed by atoms with Crippen molar-refractivity contribution >= 4 is 36.0 Å². The zero-order valence-electron chi connectivity index (χ0n) is 20.8. The molecule has 1 heterocycles. The molecule has 12 heteroatoms. The standard InChI is InChI=1S/C13H12O6.C12H20O6/c14-11(17-8-9-4-2-1-3-5-9)7-6-10-12(15)19-13(16)18-10;1-3-4-5-8-17-12(16)10(18-9(2)13)6-7-11(14)15/h1-5,10H,6-8H2;10H,3-8H2,1-2H3,(H,14,15). The van der Waals surface area contributed by atoms with Gasteiger partial charge < -0.3 is 28.8 Å². The quantitative estimate of drug-likeness (QED) is 0.164. The lowest BCUT2D eigenvalue weighted by Crippen LogP contribution is -2.29. The molecule has 2 atom stereocenters. The highest BCUT2D eigenvalue weighted by Gasteiger charge is 2.35. The third-order valence-corrected chi connectivity index (χ3v) is 4.72. The van der Waals surface area contributed by atoms with Gasteiger partial charge in [0.1, 0.15) is 6.61 Å². The molecule has 0 radical (unpaired) electrons. The van der Waals surface area contributed by atoms with Gasteiger partial charge in [-0.25, -0.2) is 14.4 Å². The topological polar surface area (TPSA) is 169 Å². The van der Waals surface area contributed by atoms with Crippen molar-refractivity contribution in [2.45, 2.75) is 77.6 Å². The molecule has 2 rings (SSSR count). The minimum absolute atomic E-state index is 0.0140. The monoisotopic (exact) mass is 524 g/mol. The molecule has 0 aliphatic carbocycles. The number of hydrogen-bond donors (Lipinski definition) is 1. The number of carboxylic acid groups (broad SMARTS) is 1. The number of carbonyl (C=O) groups is 6. The molecule has 1 fully saturated rings. The first-order valence-corrected chi connectivity index (χ1v) is 11.8. The van der Waals surface area contributed by atoms with Crippen LogP contribution in [0.3, 0.4) is 0 Å². The number of carboxylic acids is 1. The molecule has 1 aliphatic heterocycles. The van der Waals surface area contributed by atoms with E-state index in [1.165, 1.54) is 0 Å². The van der Waals surface area contributed by atoms with Crippen LogP contribution >= 0.6 is 0 Å². The molecular weight excluding hydrogens is 492 g/mol. The molecule has 2 unspecified atom stereocenters. The molecule has 0 amide bonds. The van der Waals surface area contributed by atoms with Crippen molar-refractivity contribution in [2.24, 2.45) is 0 Å². The molecule has 1 aliphatic rings. The number of aliphatic carboxylic acids is 1. The molecule has 1 N–H and O–H groups in total. The summed E-state index contributed by atoms with van der Waals surface area (Å²) < 4.78 is 23.4. The molecule has 0 spiro atoms. The first-order valence-electron chi connectivity index (χ1n) is 11.8. The molecule has 37 heavy (non-hydrogen) atoms. The maximum absolute atomic E-state index is 11.6. The second kappa shape index (κ2) is 17.5. The van der Waals surface area contributed by atoms with E-state index in [4.69, 9.17) is 19.3 Å². The summed E-state index contributed by atoms with van der Waals surface area (Å²) in [6.45, 7) is 3.63. The van der Waals surface area contributed by atoms with Crippen LogP contribution in [0.2, 0.25) is 0 Å². The lowest BCUT2D eigenvalue weighted by atomic mass is 10.2. The van der Waals surface area contributed by atoms with Gasteiger partial charge in [-0.3, -0.25) is 14.4 Å². The summed E-state index contributed by atoms with van der Waals surface area (Å²) in [5, 5.41) is 8.53. The fourth-order valence-corrected chi connectivity index (χ4v) is 2.87. The van der Waals surface area contributed by atoms with Crippen LogP contribution in [0.5, 0.6) is 0 Å². The number of cyclic esters (lactones) is 3. The van der Waals surface area contributed by atoms with E-state index in [0.29, 0.717) is 0 Å². The van der Waals surface area contributed by atoms with Gasteiger partial charge in [-0.15, -0.1) is 0 Å². The Hall–Kier alpha value is -3.96. The molecule has 12 nitrogen and oxygen atoms in total. The van der Waals surface area contributed by atoms with Crippen molar-refractivity contribution < 1.29 is 57.6 Å². The summed E-state index contributed by atoms with van der Waals surface area (Å²) in [5.74, 6) is -3.58. The Morgan fingerprint density at radius 3 is 2.30 bits per heavy atom. The van der Waals surface area contributed by atoms with Gasteiger partial charge in [0.2, 0.25) is 6.10 Å². The van der Waals surface area contributed by atoms with Gasteiger partial charge >= 0.3 is 36.0 Å². The zero-order chi connectivity index (χ0) is 27.6. The summed E-state index contributed by atoms with van der Waals surface area (Å²) >= 11 is 0. The summed E-state index contributed by atoms with van der Waals surface area (Å²) in [4.78, 5) is 65.9. The predicted molar refractivity (Wildman–Crippen MR) is 125 cm³/mol. The predicted octanol–water partition coefficient (Wildman–Crippen LogP) is 3.09. The smallest absolute Gasteiger partial charge is 0.481 e. The lowest BCUT2D eigenvalue weighted by Gasteiger charge is -2.15. The minimum Gasteiger partial charge on any atom is -0.481 e. The summed E-state index contributed by atoms with van der Waals surface area (Å²) in [6.07, 6.45) is -0.718. The van der Waals surface area contributed by atoms with Gasteiger partial charge in [0, 0.05) is 32.6 Å². The first kappa shape index (κ1) is 31.1. The fourth-order valence-electron chi connectivity index (χ4n) is 2.87. The van der Waals surface area contributed by atoms with Crippen molar-refractivity contribution in [3.63, 3.8) is 0 Å². The Kier molecular flexibility index (Phi) is 14.7. The van der Waals surface area contributed by atoms with Crippen molar-refractivity contribution in [1.29, 1.82) is 0 Å². The van der Waals surface area contributed by atoms with Crippen LogP contribution in [-0.4, -0.2) is 59.9 Å². The number of unbranched alkanes of at least 4 members (excludes halogenated alkanes) is 2. The Labute approximate surface area is 214 Å². The second-order valence-corrected chi connectivity index (χ2v) is 7.87. The largest absolute Gasteiger partial charge is 0.517 e. The molecule has 0 saturated carbocycles. The maximum atomic E-state index is 11.6. The molecule has 1 aromatic rings. The summed E-state index contributed by atoms with van der Waals surface area (Å²) in [6, 6.07) is 9.23. The maximum Gasteiger partial charge on any atom is 0.517 e. The van der Waals surface area contributed by atoms with Crippen LogP contribution in [-0.2, 0) is 54.3 Å². The molecule has 1 aromatic carbocycles. The number of esters is 4. The molecule has 204 valence electrons. The summed E-state index contributed by atoms with van der Waals surface area (Å²) in [5.41, 5.74) is 0.877. The Balaban J connectivity index is 0.000000371. The number of hydrogen-bond acceptors (Lipinski definition) is 11. The fraction of sp³-hybridized carbons (Fsp3) is 0.520. The van der Waals surface area contributed by atoms with Crippen molar-refractivity contribution in [2.75, 3.05) is 6.61 Å². The summed E-state index contributed by atoms with van der Waals surface area (Å²) in [7, 11) is 0. The number of ether oxygens (including phenoxy) is 5. The lowest BCUT2D eigenvalue weighted by molar-refractivity contribution is -0.167. The van der Waals surface area contributed by atoms with Crippen LogP contribution in [0, 0.1) is 0 Å². The molecular formula is C25H32O12. The van der Waals surface area contributed by atoms with Crippen LogP contribution in [0.4, 0.5) is 4.79 Å². The van der Waals surface area contributed by atoms with Crippen LogP contribution in [0.1, 0.15) is 64.4 Å². The minimum atomic E-state index is -1.12. The average Bonchev–Trinajstić information content (AvgIpc) is 3.19. The van der Waals surface area contributed by atoms with Crippen LogP contribution in [0.15, 0.2) is 30.3 Å². The van der Waals surface area contributed by atoms with Crippen molar-refractivity contribution in [3.8, 4) is 0 Å². The highest BCUT2D eigenvalue weighted by molar-refractivity contribution is 5.91. The number of rotatable bonds is 14. The van der Waals surface area contributed by atoms with Crippen molar-refractivity contribution in [1.82, 2.24) is 0 Å². The highest BCUT2D eigenvalue weighted by atomic mass is 16.8. The third-order valence-electron chi connectivity index (χ3n) is 4.72. The molecule has 0 aromatic heterocycles. The van der Waals surface area contributed by atoms with Crippen LogP contribution < -0.4 is 0 Å². The van der Waals surface area contributed by atoms with Gasteiger partial charge in [-0.05, 0) is 12.0 Å². The van der Waals surface area contributed by atoms with Crippen molar-refractivity contribution in [3.05, 3.63) is 35.9 Å². The Morgan fingerprint density at radius 2 is 1.73 bits per heavy atom. The Bertz CT molecular complexity index is 912. The van der Waals surface area contributed by atoms with E-state index >= 15 is 0 Å². The van der Waals surface area contributed by atoms with E-state index in [2.05, 4.69) is 9.47 Å². The SMILES string of the molecule is CCCCCOC(=O)C(CCC(=O)O)OC(C)=O.O=C(CCC1OC(=O)OC1=O)OCc1ccccc1. The number of carbonyl (C=O) groups excluding carboxylic acids is 5. The van der Waals surface area contributed by atoms with E-state index in [1.54, 1.807) is 0 Å². The van der Waals surface area contributed by atoms with E-state index in [-0.39, 0.29) is 38.9 Å². The van der Waals surface area contributed by atoms with E-state index < -0.39 is 48.2 Å². The first-order chi connectivity index (χ1) is 17.6. The van der Waals surface area contributed by atoms with Gasteiger partial charge in [-0.2, -0.15) is 0 Å². The van der Waals surface area contributed by atoms with Gasteiger partial charge in [0.15, 0.2) is 6.10 Å². The van der Waals surface area contributed by atoms with E-state index in [9.17, 15) is 28.8 Å². The third kappa shape index (κ3) is 14.3. The van der Waals surface area contributed by atoms with E-state index in [1.807, 2.05) is 37.3 Å². The Morgan fingerprint density at radius 1 is 1.03 bits per heavy atom. The van der Waals surface area contributed by atoms with Gasteiger partial charge in [0.25, 0.3) is 0 Å². The molecule has 0 bridgehead atoms. The van der Waals surface area contributed by atoms with E-state index in [0.717, 1.165) is 31.7 Å². The molecule has 1 saturated heterocycles.